The first-order chi connectivity index (χ1) is 15.4. The van der Waals surface area contributed by atoms with Gasteiger partial charge in [0.1, 0.15) is 5.65 Å². The molecule has 9 heteroatoms. The second kappa shape index (κ2) is 7.40. The fourth-order valence-electron chi connectivity index (χ4n) is 3.59. The van der Waals surface area contributed by atoms with Crippen LogP contribution in [0.15, 0.2) is 77.7 Å². The molecule has 0 radical (unpaired) electrons. The average Bonchev–Trinajstić information content (AvgIpc) is 3.19. The third-order valence-corrected chi connectivity index (χ3v) is 7.09. The molecule has 0 aliphatic rings. The van der Waals surface area contributed by atoms with E-state index in [9.17, 15) is 13.2 Å². The first-order valence-corrected chi connectivity index (χ1v) is 11.3. The van der Waals surface area contributed by atoms with Crippen LogP contribution in [0, 0.1) is 0 Å². The number of rotatable bonds is 4. The van der Waals surface area contributed by atoms with Gasteiger partial charge in [0.25, 0.3) is 5.91 Å². The van der Waals surface area contributed by atoms with Gasteiger partial charge < -0.3 is 0 Å². The zero-order valence-corrected chi connectivity index (χ0v) is 18.2. The third kappa shape index (κ3) is 3.19. The monoisotopic (exact) mass is 445 g/mol. The van der Waals surface area contributed by atoms with Crippen LogP contribution in [0.2, 0.25) is 0 Å². The predicted octanol–water partition coefficient (Wildman–Crippen LogP) is 3.54. The van der Waals surface area contributed by atoms with Gasteiger partial charge >= 0.3 is 0 Å². The van der Waals surface area contributed by atoms with Gasteiger partial charge in [-0.1, -0.05) is 24.3 Å². The van der Waals surface area contributed by atoms with Crippen molar-refractivity contribution in [3.05, 3.63) is 78.4 Å². The van der Waals surface area contributed by atoms with Crippen LogP contribution in [-0.2, 0) is 10.0 Å². The van der Waals surface area contributed by atoms with Gasteiger partial charge in [-0.2, -0.15) is 0 Å². The summed E-state index contributed by atoms with van der Waals surface area (Å²) in [5.74, 6) is -0.0666. The molecular formula is C23H19N5O3S. The molecule has 0 atom stereocenters. The van der Waals surface area contributed by atoms with Gasteiger partial charge in [-0.3, -0.25) is 14.5 Å². The molecule has 0 fully saturated rings. The van der Waals surface area contributed by atoms with Crippen LogP contribution in [0.5, 0.6) is 0 Å². The Kier molecular flexibility index (Phi) is 4.65. The summed E-state index contributed by atoms with van der Waals surface area (Å²) in [6, 6.07) is 21.0. The van der Waals surface area contributed by atoms with Crippen molar-refractivity contribution in [3.63, 3.8) is 0 Å². The lowest BCUT2D eigenvalue weighted by Crippen LogP contribution is -2.22. The van der Waals surface area contributed by atoms with E-state index in [4.69, 9.17) is 4.98 Å². The number of benzene rings is 3. The minimum atomic E-state index is -3.57. The average molecular weight is 446 g/mol. The summed E-state index contributed by atoms with van der Waals surface area (Å²) in [4.78, 5) is 22.5. The minimum Gasteiger partial charge on any atom is -0.291 e. The number of carbonyl (C=O) groups is 1. The second-order valence-electron chi connectivity index (χ2n) is 7.48. The molecule has 2 aromatic heterocycles. The summed E-state index contributed by atoms with van der Waals surface area (Å²) < 4.78 is 27.5. The Hall–Kier alpha value is -3.82. The Balaban J connectivity index is 1.60. The van der Waals surface area contributed by atoms with Crippen LogP contribution < -0.4 is 5.32 Å². The summed E-state index contributed by atoms with van der Waals surface area (Å²) in [7, 11) is -0.651. The van der Waals surface area contributed by atoms with Crippen LogP contribution in [0.1, 0.15) is 10.4 Å². The van der Waals surface area contributed by atoms with Crippen molar-refractivity contribution in [3.8, 4) is 0 Å². The number of nitrogens with zero attached hydrogens (tertiary/aromatic N) is 4. The molecule has 0 aliphatic heterocycles. The Morgan fingerprint density at radius 1 is 0.875 bits per heavy atom. The molecule has 1 amide bonds. The Morgan fingerprint density at radius 2 is 1.53 bits per heavy atom. The maximum Gasteiger partial charge on any atom is 0.257 e. The highest BCUT2D eigenvalue weighted by Gasteiger charge is 2.19. The van der Waals surface area contributed by atoms with E-state index in [1.807, 2.05) is 52.9 Å². The van der Waals surface area contributed by atoms with Gasteiger partial charge in [-0.05, 0) is 48.5 Å². The molecule has 0 bridgehead atoms. The first-order valence-electron chi connectivity index (χ1n) is 9.86. The van der Waals surface area contributed by atoms with E-state index in [2.05, 4.69) is 10.3 Å². The zero-order chi connectivity index (χ0) is 22.5. The van der Waals surface area contributed by atoms with Crippen molar-refractivity contribution in [2.75, 3.05) is 19.4 Å². The van der Waals surface area contributed by atoms with Crippen molar-refractivity contribution in [2.45, 2.75) is 4.90 Å². The molecule has 5 rings (SSSR count). The second-order valence-corrected chi connectivity index (χ2v) is 9.63. The fourth-order valence-corrected chi connectivity index (χ4v) is 4.49. The first kappa shape index (κ1) is 20.1. The van der Waals surface area contributed by atoms with Crippen LogP contribution in [0.3, 0.4) is 0 Å². The maximum atomic E-state index is 13.0. The highest BCUT2D eigenvalue weighted by Crippen LogP contribution is 2.27. The topological polar surface area (TPSA) is 96.7 Å². The van der Waals surface area contributed by atoms with Gasteiger partial charge in [-0.25, -0.2) is 22.7 Å². The summed E-state index contributed by atoms with van der Waals surface area (Å²) in [5, 5.41) is 3.74. The molecule has 3 aromatic carbocycles. The van der Waals surface area contributed by atoms with E-state index in [1.165, 1.54) is 38.4 Å². The Morgan fingerprint density at radius 3 is 2.25 bits per heavy atom. The number of amides is 1. The van der Waals surface area contributed by atoms with Crippen LogP contribution in [-0.4, -0.2) is 47.1 Å². The van der Waals surface area contributed by atoms with Gasteiger partial charge in [0.05, 0.1) is 21.4 Å². The highest BCUT2D eigenvalue weighted by molar-refractivity contribution is 7.89. The van der Waals surface area contributed by atoms with Crippen molar-refractivity contribution in [2.24, 2.45) is 0 Å². The molecule has 0 saturated heterocycles. The predicted molar refractivity (Wildman–Crippen MR) is 123 cm³/mol. The van der Waals surface area contributed by atoms with Crippen LogP contribution in [0.25, 0.3) is 27.6 Å². The van der Waals surface area contributed by atoms with E-state index >= 15 is 0 Å². The number of hydrogen-bond acceptors (Lipinski definition) is 5. The number of carbonyl (C=O) groups excluding carboxylic acids is 1. The summed E-state index contributed by atoms with van der Waals surface area (Å²) >= 11 is 0. The number of anilines is 1. The SMILES string of the molecule is CN(C)S(=O)(=O)c1ccc(C(=O)Nc2nc3ccccc3c3nc4ccccc4n23)cc1. The summed E-state index contributed by atoms with van der Waals surface area (Å²) in [6.45, 7) is 0. The molecule has 8 nitrogen and oxygen atoms in total. The molecule has 1 N–H and O–H groups in total. The van der Waals surface area contributed by atoms with Crippen molar-refractivity contribution < 1.29 is 13.2 Å². The standard InChI is InChI=1S/C23H19N5O3S/c1-27(2)32(30,31)16-13-11-15(12-14-16)22(29)26-23-25-18-8-4-3-7-17(18)21-24-19-9-5-6-10-20(19)28(21)23/h3-14H,1-2H3,(H,25,26,29). The number of sulfonamides is 1. The third-order valence-electron chi connectivity index (χ3n) is 5.26. The lowest BCUT2D eigenvalue weighted by molar-refractivity contribution is 0.102. The highest BCUT2D eigenvalue weighted by atomic mass is 32.2. The summed E-state index contributed by atoms with van der Waals surface area (Å²) in [6.07, 6.45) is 0. The molecule has 5 aromatic rings. The molecule has 0 saturated carbocycles. The van der Waals surface area contributed by atoms with E-state index in [1.54, 1.807) is 0 Å². The number of imidazole rings is 1. The molecule has 32 heavy (non-hydrogen) atoms. The summed E-state index contributed by atoms with van der Waals surface area (Å²) in [5.41, 5.74) is 3.33. The number of para-hydroxylation sites is 3. The molecule has 160 valence electrons. The zero-order valence-electron chi connectivity index (χ0n) is 17.4. The van der Waals surface area contributed by atoms with E-state index in [-0.39, 0.29) is 4.90 Å². The van der Waals surface area contributed by atoms with Gasteiger partial charge in [-0.15, -0.1) is 0 Å². The lowest BCUT2D eigenvalue weighted by Gasteiger charge is -2.12. The molecule has 0 unspecified atom stereocenters. The van der Waals surface area contributed by atoms with Crippen molar-refractivity contribution >= 4 is 49.5 Å². The minimum absolute atomic E-state index is 0.117. The molecule has 2 heterocycles. The van der Waals surface area contributed by atoms with E-state index in [0.29, 0.717) is 22.7 Å². The Bertz CT molecular complexity index is 1610. The van der Waals surface area contributed by atoms with Gasteiger partial charge in [0.15, 0.2) is 0 Å². The number of aromatic nitrogens is 3. The van der Waals surface area contributed by atoms with Crippen LogP contribution in [0.4, 0.5) is 5.95 Å². The van der Waals surface area contributed by atoms with Crippen molar-refractivity contribution in [1.82, 2.24) is 18.7 Å². The Labute approximate surface area is 184 Å². The number of fused-ring (bicyclic) bond motifs is 5. The van der Waals surface area contributed by atoms with E-state index in [0.717, 1.165) is 20.7 Å². The smallest absolute Gasteiger partial charge is 0.257 e. The van der Waals surface area contributed by atoms with E-state index < -0.39 is 15.9 Å². The fraction of sp³-hybridized carbons (Fsp3) is 0.0870. The van der Waals surface area contributed by atoms with Gasteiger partial charge in [0, 0.05) is 25.0 Å². The molecule has 0 aliphatic carbocycles. The quantitative estimate of drug-likeness (QED) is 0.456. The maximum absolute atomic E-state index is 13.0. The molecule has 0 spiro atoms. The number of hydrogen-bond donors (Lipinski definition) is 1. The largest absolute Gasteiger partial charge is 0.291 e. The van der Waals surface area contributed by atoms with Crippen LogP contribution >= 0.6 is 0 Å². The van der Waals surface area contributed by atoms with Gasteiger partial charge in [0.2, 0.25) is 16.0 Å². The molecular weight excluding hydrogens is 426 g/mol. The lowest BCUT2D eigenvalue weighted by atomic mass is 10.2. The number of nitrogens with one attached hydrogen (secondary N) is 1. The van der Waals surface area contributed by atoms with Crippen molar-refractivity contribution in [1.29, 1.82) is 0 Å². The normalized spacial score (nSPS) is 12.1.